The molecule has 0 saturated heterocycles. The van der Waals surface area contributed by atoms with E-state index in [0.29, 0.717) is 5.88 Å². The zero-order valence-electron chi connectivity index (χ0n) is 7.01. The standard InChI is InChI=1S/C10H11ClO/c1-8(7-11)9-3-5-10(12-2)6-4-9/h3-6H,1,7H2,2H3. The zero-order valence-corrected chi connectivity index (χ0v) is 7.77. The Morgan fingerprint density at radius 2 is 2.00 bits per heavy atom. The molecule has 1 aromatic rings. The number of allylic oxidation sites excluding steroid dienone is 1. The number of rotatable bonds is 3. The second-order valence-electron chi connectivity index (χ2n) is 2.47. The Kier molecular flexibility index (Phi) is 3.18. The summed E-state index contributed by atoms with van der Waals surface area (Å²) < 4.78 is 5.02. The van der Waals surface area contributed by atoms with Crippen molar-refractivity contribution in [2.24, 2.45) is 0 Å². The van der Waals surface area contributed by atoms with Crippen molar-refractivity contribution in [3.05, 3.63) is 36.4 Å². The van der Waals surface area contributed by atoms with Crippen LogP contribution >= 0.6 is 11.6 Å². The van der Waals surface area contributed by atoms with Crippen LogP contribution < -0.4 is 4.74 Å². The van der Waals surface area contributed by atoms with Crippen molar-refractivity contribution in [2.75, 3.05) is 13.0 Å². The molecule has 0 saturated carbocycles. The van der Waals surface area contributed by atoms with E-state index in [1.165, 1.54) is 0 Å². The Balaban J connectivity index is 2.84. The lowest BCUT2D eigenvalue weighted by molar-refractivity contribution is 0.415. The number of halogens is 1. The molecule has 0 aliphatic carbocycles. The van der Waals surface area contributed by atoms with Crippen LogP contribution in [-0.2, 0) is 0 Å². The first kappa shape index (κ1) is 9.14. The molecule has 0 amide bonds. The van der Waals surface area contributed by atoms with Gasteiger partial charge in [0.1, 0.15) is 5.75 Å². The smallest absolute Gasteiger partial charge is 0.118 e. The number of benzene rings is 1. The molecule has 0 spiro atoms. The Hall–Kier alpha value is -0.950. The minimum atomic E-state index is 0.465. The summed E-state index contributed by atoms with van der Waals surface area (Å²) in [5, 5.41) is 0. The SMILES string of the molecule is C=C(CCl)c1ccc(OC)cc1. The van der Waals surface area contributed by atoms with Gasteiger partial charge in [-0.3, -0.25) is 0 Å². The Morgan fingerprint density at radius 1 is 1.42 bits per heavy atom. The van der Waals surface area contributed by atoms with E-state index in [2.05, 4.69) is 6.58 Å². The zero-order chi connectivity index (χ0) is 8.97. The first-order valence-electron chi connectivity index (χ1n) is 3.66. The Bertz CT molecular complexity index is 264. The number of hydrogen-bond acceptors (Lipinski definition) is 1. The van der Waals surface area contributed by atoms with Crippen molar-refractivity contribution in [2.45, 2.75) is 0 Å². The van der Waals surface area contributed by atoms with Gasteiger partial charge < -0.3 is 4.74 Å². The number of alkyl halides is 1. The molecule has 0 fully saturated rings. The van der Waals surface area contributed by atoms with Gasteiger partial charge in [0, 0.05) is 5.88 Å². The lowest BCUT2D eigenvalue weighted by Gasteiger charge is -2.02. The summed E-state index contributed by atoms with van der Waals surface area (Å²) in [5.41, 5.74) is 1.99. The molecule has 0 aliphatic rings. The fourth-order valence-electron chi connectivity index (χ4n) is 0.904. The molecule has 0 aromatic heterocycles. The molecular formula is C10H11ClO. The van der Waals surface area contributed by atoms with Crippen molar-refractivity contribution >= 4 is 17.2 Å². The molecule has 12 heavy (non-hydrogen) atoms. The molecule has 1 rings (SSSR count). The number of hydrogen-bond donors (Lipinski definition) is 0. The van der Waals surface area contributed by atoms with Crippen molar-refractivity contribution in [3.63, 3.8) is 0 Å². The predicted octanol–water partition coefficient (Wildman–Crippen LogP) is 2.95. The number of ether oxygens (including phenoxy) is 1. The average Bonchev–Trinajstić information content (AvgIpc) is 2.17. The third-order valence-corrected chi connectivity index (χ3v) is 1.98. The molecule has 0 bridgehead atoms. The average molecular weight is 183 g/mol. The third kappa shape index (κ3) is 2.02. The summed E-state index contributed by atoms with van der Waals surface area (Å²) in [6, 6.07) is 7.69. The van der Waals surface area contributed by atoms with Crippen molar-refractivity contribution in [3.8, 4) is 5.75 Å². The maximum Gasteiger partial charge on any atom is 0.118 e. The summed E-state index contributed by atoms with van der Waals surface area (Å²) in [7, 11) is 1.64. The highest BCUT2D eigenvalue weighted by Gasteiger charge is 1.96. The van der Waals surface area contributed by atoms with Gasteiger partial charge in [-0.15, -0.1) is 11.6 Å². The molecule has 1 nitrogen and oxygen atoms in total. The van der Waals surface area contributed by atoms with Crippen LogP contribution in [0.1, 0.15) is 5.56 Å². The van der Waals surface area contributed by atoms with Gasteiger partial charge in [0.2, 0.25) is 0 Å². The highest BCUT2D eigenvalue weighted by molar-refractivity contribution is 6.23. The van der Waals surface area contributed by atoms with Crippen molar-refractivity contribution in [1.29, 1.82) is 0 Å². The lowest BCUT2D eigenvalue weighted by atomic mass is 10.1. The van der Waals surface area contributed by atoms with Crippen LogP contribution in [0.15, 0.2) is 30.8 Å². The van der Waals surface area contributed by atoms with Gasteiger partial charge in [0.05, 0.1) is 7.11 Å². The predicted molar refractivity (Wildman–Crippen MR) is 52.7 cm³/mol. The van der Waals surface area contributed by atoms with Crippen LogP contribution in [-0.4, -0.2) is 13.0 Å². The first-order chi connectivity index (χ1) is 5.77. The molecule has 0 atom stereocenters. The van der Waals surface area contributed by atoms with Gasteiger partial charge in [0.25, 0.3) is 0 Å². The quantitative estimate of drug-likeness (QED) is 0.654. The fourth-order valence-corrected chi connectivity index (χ4v) is 1.06. The molecule has 0 N–H and O–H groups in total. The molecular weight excluding hydrogens is 172 g/mol. The first-order valence-corrected chi connectivity index (χ1v) is 4.19. The second kappa shape index (κ2) is 4.17. The van der Waals surface area contributed by atoms with Crippen molar-refractivity contribution < 1.29 is 4.74 Å². The van der Waals surface area contributed by atoms with E-state index in [1.807, 2.05) is 24.3 Å². The van der Waals surface area contributed by atoms with Crippen LogP contribution in [0.2, 0.25) is 0 Å². The topological polar surface area (TPSA) is 9.23 Å². The Morgan fingerprint density at radius 3 is 2.42 bits per heavy atom. The molecule has 64 valence electrons. The summed E-state index contributed by atoms with van der Waals surface area (Å²) in [6.07, 6.45) is 0. The molecule has 0 aliphatic heterocycles. The lowest BCUT2D eigenvalue weighted by Crippen LogP contribution is -1.85. The molecule has 2 heteroatoms. The number of methoxy groups -OCH3 is 1. The highest BCUT2D eigenvalue weighted by atomic mass is 35.5. The second-order valence-corrected chi connectivity index (χ2v) is 2.73. The summed E-state index contributed by atoms with van der Waals surface area (Å²) in [4.78, 5) is 0. The summed E-state index contributed by atoms with van der Waals surface area (Å²) in [5.74, 6) is 1.31. The van der Waals surface area contributed by atoms with Gasteiger partial charge in [-0.2, -0.15) is 0 Å². The Labute approximate surface area is 77.6 Å². The van der Waals surface area contributed by atoms with Crippen LogP contribution in [0.3, 0.4) is 0 Å². The van der Waals surface area contributed by atoms with E-state index >= 15 is 0 Å². The van der Waals surface area contributed by atoms with Gasteiger partial charge >= 0.3 is 0 Å². The van der Waals surface area contributed by atoms with Crippen LogP contribution in [0.25, 0.3) is 5.57 Å². The van der Waals surface area contributed by atoms with E-state index in [9.17, 15) is 0 Å². The fraction of sp³-hybridized carbons (Fsp3) is 0.200. The normalized spacial score (nSPS) is 9.50. The molecule has 1 aromatic carbocycles. The van der Waals surface area contributed by atoms with Gasteiger partial charge in [-0.05, 0) is 23.3 Å². The molecule has 0 heterocycles. The minimum Gasteiger partial charge on any atom is -0.497 e. The monoisotopic (exact) mass is 182 g/mol. The van der Waals surface area contributed by atoms with E-state index in [4.69, 9.17) is 16.3 Å². The van der Waals surface area contributed by atoms with E-state index in [0.717, 1.165) is 16.9 Å². The highest BCUT2D eigenvalue weighted by Crippen LogP contribution is 2.17. The van der Waals surface area contributed by atoms with Crippen molar-refractivity contribution in [1.82, 2.24) is 0 Å². The van der Waals surface area contributed by atoms with Gasteiger partial charge in [0.15, 0.2) is 0 Å². The maximum atomic E-state index is 5.63. The summed E-state index contributed by atoms with van der Waals surface area (Å²) >= 11 is 5.63. The van der Waals surface area contributed by atoms with Crippen LogP contribution in [0, 0.1) is 0 Å². The minimum absolute atomic E-state index is 0.465. The molecule has 0 unspecified atom stereocenters. The maximum absolute atomic E-state index is 5.63. The van der Waals surface area contributed by atoms with E-state index in [1.54, 1.807) is 7.11 Å². The van der Waals surface area contributed by atoms with Crippen LogP contribution in [0.5, 0.6) is 5.75 Å². The third-order valence-electron chi connectivity index (χ3n) is 1.66. The van der Waals surface area contributed by atoms with Gasteiger partial charge in [-0.1, -0.05) is 18.7 Å². The summed E-state index contributed by atoms with van der Waals surface area (Å²) in [6.45, 7) is 3.83. The van der Waals surface area contributed by atoms with Crippen LogP contribution in [0.4, 0.5) is 0 Å². The van der Waals surface area contributed by atoms with Gasteiger partial charge in [-0.25, -0.2) is 0 Å². The largest absolute Gasteiger partial charge is 0.497 e. The van der Waals surface area contributed by atoms with E-state index in [-0.39, 0.29) is 0 Å². The van der Waals surface area contributed by atoms with E-state index < -0.39 is 0 Å². The molecule has 0 radical (unpaired) electrons.